The molecular weight excluding hydrogens is 564 g/mol. The summed E-state index contributed by atoms with van der Waals surface area (Å²) in [5, 5.41) is 10.1. The van der Waals surface area contributed by atoms with E-state index in [-0.39, 0.29) is 16.2 Å². The third-order valence-corrected chi connectivity index (χ3v) is 11.1. The number of carbonyl (C=O) groups excluding carboxylic acids is 1. The van der Waals surface area contributed by atoms with Crippen LogP contribution in [0, 0.1) is 12.8 Å². The number of esters is 1. The first kappa shape index (κ1) is 30.4. The number of fused-ring (bicyclic) bond motifs is 1. The number of sulfonamides is 1. The lowest BCUT2D eigenvalue weighted by Gasteiger charge is -2.32. The number of para-hydroxylation sites is 1. The maximum atomic E-state index is 13.9. The number of aliphatic hydroxyl groups excluding tert-OH is 1. The van der Waals surface area contributed by atoms with Gasteiger partial charge in [0.1, 0.15) is 0 Å². The molecule has 3 aromatic carbocycles. The van der Waals surface area contributed by atoms with E-state index in [9.17, 15) is 26.7 Å². The summed E-state index contributed by atoms with van der Waals surface area (Å²) >= 11 is 0. The average Bonchev–Trinajstić information content (AvgIpc) is 3.28. The lowest BCUT2D eigenvalue weighted by atomic mass is 9.90. The zero-order valence-electron chi connectivity index (χ0n) is 23.1. The second kappa shape index (κ2) is 12.6. The number of nitrogens with zero attached hydrogens (tertiary/aromatic N) is 1. The third kappa shape index (κ3) is 6.70. The molecule has 2 N–H and O–H groups in total. The van der Waals surface area contributed by atoms with Gasteiger partial charge in [-0.25, -0.2) is 21.6 Å². The highest BCUT2D eigenvalue weighted by Crippen LogP contribution is 2.31. The first-order valence-electron chi connectivity index (χ1n) is 13.1. The van der Waals surface area contributed by atoms with Crippen molar-refractivity contribution in [3.63, 3.8) is 0 Å². The summed E-state index contributed by atoms with van der Waals surface area (Å²) in [5.41, 5.74) is 2.54. The number of nitrogens with one attached hydrogen (secondary N) is 1. The predicted octanol–water partition coefficient (Wildman–Crippen LogP) is 3.39. The number of aryl methyl sites for hydroxylation is 2. The molecule has 0 bridgehead atoms. The van der Waals surface area contributed by atoms with E-state index in [4.69, 9.17) is 4.74 Å². The Hall–Kier alpha value is -3.51. The average molecular weight is 599 g/mol. The van der Waals surface area contributed by atoms with Gasteiger partial charge in [0.25, 0.3) is 0 Å². The lowest BCUT2D eigenvalue weighted by Crippen LogP contribution is -2.50. The van der Waals surface area contributed by atoms with E-state index in [2.05, 4.69) is 4.72 Å². The number of aliphatic hydroxyl groups is 1. The standard InChI is InChI=1S/C30H34N2O7S2/c1-21-13-15-24(16-14-21)41(37,38)31-27(17-22-19-32(2)28-12-8-7-11-25(22)28)26(20-33)29(18-30(34)39-3)40(35,36)23-9-5-4-6-10-23/h4-16,19,26-27,29,31,33H,17-18,20H2,1-3H3/t26-,27-,29?/m0/s1. The summed E-state index contributed by atoms with van der Waals surface area (Å²) in [6.07, 6.45) is 1.34. The van der Waals surface area contributed by atoms with Gasteiger partial charge in [-0.05, 0) is 49.2 Å². The highest BCUT2D eigenvalue weighted by Gasteiger charge is 2.42. The van der Waals surface area contributed by atoms with Gasteiger partial charge < -0.3 is 14.4 Å². The van der Waals surface area contributed by atoms with Crippen LogP contribution in [0.5, 0.6) is 0 Å². The lowest BCUT2D eigenvalue weighted by molar-refractivity contribution is -0.140. The van der Waals surface area contributed by atoms with Gasteiger partial charge >= 0.3 is 5.97 Å². The van der Waals surface area contributed by atoms with Crippen molar-refractivity contribution < 1.29 is 31.5 Å². The van der Waals surface area contributed by atoms with E-state index in [1.807, 2.05) is 49.0 Å². The fourth-order valence-electron chi connectivity index (χ4n) is 5.12. The van der Waals surface area contributed by atoms with Crippen LogP contribution in [0.15, 0.2) is 94.9 Å². The normalized spacial score (nSPS) is 14.4. The number of sulfone groups is 1. The topological polar surface area (TPSA) is 132 Å². The second-order valence-corrected chi connectivity index (χ2v) is 13.9. The Kier molecular flexibility index (Phi) is 9.33. The van der Waals surface area contributed by atoms with E-state index in [0.29, 0.717) is 0 Å². The quantitative estimate of drug-likeness (QED) is 0.239. The van der Waals surface area contributed by atoms with Crippen molar-refractivity contribution in [2.75, 3.05) is 13.7 Å². The number of methoxy groups -OCH3 is 1. The number of carbonyl (C=O) groups is 1. The van der Waals surface area contributed by atoms with Gasteiger partial charge in [0.15, 0.2) is 9.84 Å². The fraction of sp³-hybridized carbons (Fsp3) is 0.300. The Balaban J connectivity index is 1.85. The molecular formula is C30H34N2O7S2. The molecule has 0 aliphatic heterocycles. The molecule has 0 saturated carbocycles. The minimum Gasteiger partial charge on any atom is -0.469 e. The van der Waals surface area contributed by atoms with Crippen molar-refractivity contribution in [1.82, 2.24) is 9.29 Å². The van der Waals surface area contributed by atoms with Crippen LogP contribution in [-0.4, -0.2) is 57.5 Å². The van der Waals surface area contributed by atoms with Gasteiger partial charge in [-0.1, -0.05) is 54.1 Å². The number of rotatable bonds is 12. The molecule has 218 valence electrons. The molecule has 0 spiro atoms. The molecule has 4 aromatic rings. The molecule has 1 aromatic heterocycles. The molecule has 4 rings (SSSR count). The van der Waals surface area contributed by atoms with Gasteiger partial charge in [-0.3, -0.25) is 4.79 Å². The molecule has 0 aliphatic rings. The number of hydrogen-bond donors (Lipinski definition) is 2. The van der Waals surface area contributed by atoms with Crippen LogP contribution in [0.3, 0.4) is 0 Å². The number of benzene rings is 3. The van der Waals surface area contributed by atoms with Crippen LogP contribution < -0.4 is 4.72 Å². The molecule has 41 heavy (non-hydrogen) atoms. The monoisotopic (exact) mass is 598 g/mol. The second-order valence-electron chi connectivity index (χ2n) is 10.1. The molecule has 9 nitrogen and oxygen atoms in total. The van der Waals surface area contributed by atoms with Crippen molar-refractivity contribution >= 4 is 36.7 Å². The molecule has 0 amide bonds. The smallest absolute Gasteiger partial charge is 0.306 e. The third-order valence-electron chi connectivity index (χ3n) is 7.33. The molecule has 0 radical (unpaired) electrons. The molecule has 3 atom stereocenters. The first-order valence-corrected chi connectivity index (χ1v) is 16.1. The maximum absolute atomic E-state index is 13.9. The van der Waals surface area contributed by atoms with Crippen molar-refractivity contribution in [2.45, 2.75) is 40.8 Å². The fourth-order valence-corrected chi connectivity index (χ4v) is 8.38. The summed E-state index contributed by atoms with van der Waals surface area (Å²) in [5.74, 6) is -2.00. The minimum atomic E-state index is -4.22. The van der Waals surface area contributed by atoms with Gasteiger partial charge in [-0.15, -0.1) is 0 Å². The van der Waals surface area contributed by atoms with Gasteiger partial charge in [0.05, 0.1) is 28.6 Å². The summed E-state index contributed by atoms with van der Waals surface area (Å²) in [7, 11) is -5.36. The van der Waals surface area contributed by atoms with Crippen LogP contribution in [0.4, 0.5) is 0 Å². The Bertz CT molecular complexity index is 1720. The summed E-state index contributed by atoms with van der Waals surface area (Å²) < 4.78 is 64.5. The molecule has 0 saturated heterocycles. The van der Waals surface area contributed by atoms with Crippen LogP contribution >= 0.6 is 0 Å². The Morgan fingerprint density at radius 1 is 0.927 bits per heavy atom. The van der Waals surface area contributed by atoms with Crippen LogP contribution in [0.1, 0.15) is 17.5 Å². The zero-order valence-corrected chi connectivity index (χ0v) is 24.7. The Labute approximate surface area is 240 Å². The van der Waals surface area contributed by atoms with E-state index in [0.717, 1.165) is 29.1 Å². The molecule has 1 unspecified atom stereocenters. The van der Waals surface area contributed by atoms with E-state index in [1.165, 1.54) is 24.3 Å². The maximum Gasteiger partial charge on any atom is 0.306 e. The molecule has 0 fully saturated rings. The summed E-state index contributed by atoms with van der Waals surface area (Å²) in [4.78, 5) is 12.5. The van der Waals surface area contributed by atoms with E-state index >= 15 is 0 Å². The minimum absolute atomic E-state index is 0.00172. The van der Waals surface area contributed by atoms with Crippen molar-refractivity contribution in [3.8, 4) is 0 Å². The SMILES string of the molecule is COC(=O)CC([C@@H](CO)[C@H](Cc1cn(C)c2ccccc12)NS(=O)(=O)c1ccc(C)cc1)S(=O)(=O)c1ccccc1. The summed E-state index contributed by atoms with van der Waals surface area (Å²) in [6.45, 7) is 1.13. The summed E-state index contributed by atoms with van der Waals surface area (Å²) in [6, 6.07) is 20.3. The predicted molar refractivity (Wildman–Crippen MR) is 157 cm³/mol. The molecule has 1 heterocycles. The van der Waals surface area contributed by atoms with Crippen molar-refractivity contribution in [3.05, 3.63) is 96.2 Å². The van der Waals surface area contributed by atoms with E-state index in [1.54, 1.807) is 30.3 Å². The van der Waals surface area contributed by atoms with Crippen LogP contribution in [0.25, 0.3) is 10.9 Å². The molecule has 11 heteroatoms. The van der Waals surface area contributed by atoms with Crippen LogP contribution in [-0.2, 0) is 42.9 Å². The van der Waals surface area contributed by atoms with Crippen molar-refractivity contribution in [1.29, 1.82) is 0 Å². The zero-order chi connectivity index (χ0) is 29.8. The van der Waals surface area contributed by atoms with Crippen molar-refractivity contribution in [2.24, 2.45) is 13.0 Å². The first-order chi connectivity index (χ1) is 19.5. The van der Waals surface area contributed by atoms with Crippen LogP contribution in [0.2, 0.25) is 0 Å². The van der Waals surface area contributed by atoms with Gasteiger partial charge in [-0.2, -0.15) is 0 Å². The number of hydrogen-bond acceptors (Lipinski definition) is 7. The highest BCUT2D eigenvalue weighted by molar-refractivity contribution is 7.92. The highest BCUT2D eigenvalue weighted by atomic mass is 32.2. The number of aromatic nitrogens is 1. The van der Waals surface area contributed by atoms with Gasteiger partial charge in [0.2, 0.25) is 10.0 Å². The molecule has 0 aliphatic carbocycles. The Morgan fingerprint density at radius 3 is 2.20 bits per heavy atom. The van der Waals surface area contributed by atoms with Gasteiger partial charge in [0, 0.05) is 42.7 Å². The Morgan fingerprint density at radius 2 is 1.56 bits per heavy atom. The largest absolute Gasteiger partial charge is 0.469 e. The number of ether oxygens (including phenoxy) is 1. The van der Waals surface area contributed by atoms with E-state index < -0.39 is 56.1 Å².